The summed E-state index contributed by atoms with van der Waals surface area (Å²) in [6.07, 6.45) is 0. The van der Waals surface area contributed by atoms with Crippen LogP contribution < -0.4 is 0 Å². The first kappa shape index (κ1) is 54.3. The molecule has 0 bridgehead atoms. The van der Waals surface area contributed by atoms with Gasteiger partial charge in [-0.25, -0.2) is 0 Å². The second-order valence-corrected chi connectivity index (χ2v) is 14.8. The maximum Gasteiger partial charge on any atom is 2.00 e. The van der Waals surface area contributed by atoms with Crippen molar-refractivity contribution >= 4 is 154 Å². The largest absolute Gasteiger partial charge is 2.00 e. The van der Waals surface area contributed by atoms with Gasteiger partial charge in [-0.05, 0) is 0 Å². The molecule has 0 aromatic heterocycles. The van der Waals surface area contributed by atoms with E-state index in [0.717, 1.165) is 59.6 Å². The van der Waals surface area contributed by atoms with Crippen molar-refractivity contribution in [1.29, 1.82) is 63.1 Å². The third kappa shape index (κ3) is 7.65. The molecular formula is C12H3Fe2K3N12Ni3. The summed E-state index contributed by atoms with van der Waals surface area (Å²) >= 11 is 0. The molecule has 0 radical (unpaired) electrons. The molecule has 0 saturated carbocycles. The Labute approximate surface area is 339 Å². The minimum absolute atomic E-state index is 0. The van der Waals surface area contributed by atoms with Crippen molar-refractivity contribution in [1.82, 2.24) is 0 Å². The van der Waals surface area contributed by atoms with E-state index in [1.807, 2.05) is 0 Å². The molecule has 0 unspecified atom stereocenters. The van der Waals surface area contributed by atoms with Gasteiger partial charge in [0.1, 0.15) is 0 Å². The zero-order valence-electron chi connectivity index (χ0n) is 13.0. The van der Waals surface area contributed by atoms with Crippen LogP contribution >= 0.6 is 0 Å². The molecule has 0 saturated heterocycles. The zero-order valence-corrected chi connectivity index (χ0v) is 18.2. The topological polar surface area (TPSA) is 285 Å². The number of hydrogen-bond acceptors (Lipinski definition) is 12. The maximum absolute atomic E-state index is 8.58. The van der Waals surface area contributed by atoms with Gasteiger partial charge in [0.05, 0.1) is 0 Å². The Morgan fingerprint density at radius 2 is 0.312 bits per heavy atom. The van der Waals surface area contributed by atoms with Gasteiger partial charge in [-0.15, -0.1) is 0 Å². The minimum atomic E-state index is -6.17. The van der Waals surface area contributed by atoms with Crippen molar-refractivity contribution in [3.8, 4) is 59.6 Å². The molecule has 32 heavy (non-hydrogen) atoms. The molecule has 0 heterocycles. The Kier molecular flexibility index (Phi) is 28.6. The van der Waals surface area contributed by atoms with Crippen LogP contribution in [0.1, 0.15) is 0 Å². The monoisotopic (exact) mass is 718 g/mol. The average molecular weight is 720 g/mol. The molecule has 0 N–H and O–H groups in total. The fourth-order valence-corrected chi connectivity index (χ4v) is 2.19. The van der Waals surface area contributed by atoms with Crippen molar-refractivity contribution in [2.45, 2.75) is 0 Å². The SMILES string of the molecule is N#[C][Fe-3]([C]#N)([C]#N)([C]#N)([C]#N)[C]#N.N#[C][Fe-3]([C]#N)([C]#N)([C]#N)([C]#N)[C]#N.[KH].[KH].[KH].[Ni+2].[Ni+2].[Ni+2]. The normalized spacial score (nSPS) is 10.9. The van der Waals surface area contributed by atoms with Crippen LogP contribution in [0.3, 0.4) is 0 Å². The first-order valence-electron chi connectivity index (χ1n) is 4.80. The standard InChI is InChI=1S/12CN.2Fe.3K.3Ni.3H/c12*1-2;;;;;;;;;;;/q;;;;;;;;;;;;2*-3;;;;3*+2;;;. The Balaban J connectivity index is -0.0000000505. The molecule has 0 amide bonds. The number of nitrogens with zero attached hydrogens (tertiary/aromatic N) is 12. The van der Waals surface area contributed by atoms with Crippen LogP contribution in [0.5, 0.6) is 0 Å². The van der Waals surface area contributed by atoms with Crippen molar-refractivity contribution in [3.05, 3.63) is 0 Å². The predicted molar refractivity (Wildman–Crippen MR) is 88.8 cm³/mol. The van der Waals surface area contributed by atoms with E-state index in [1.54, 1.807) is 0 Å². The first-order valence-corrected chi connectivity index (χ1v) is 11.4. The summed E-state index contributed by atoms with van der Waals surface area (Å²) in [6, 6.07) is 0. The maximum atomic E-state index is 8.58. The van der Waals surface area contributed by atoms with Crippen LogP contribution in [0.4, 0.5) is 0 Å². The smallest absolute Gasteiger partial charge is 2.00 e. The summed E-state index contributed by atoms with van der Waals surface area (Å²) in [5.74, 6) is 0. The van der Waals surface area contributed by atoms with Crippen molar-refractivity contribution in [2.24, 2.45) is 0 Å². The second-order valence-electron chi connectivity index (χ2n) is 3.60. The van der Waals surface area contributed by atoms with Gasteiger partial charge < -0.3 is 0 Å². The molecule has 0 aliphatic heterocycles. The van der Waals surface area contributed by atoms with Crippen LogP contribution in [0, 0.1) is 123 Å². The molecule has 160 valence electrons. The van der Waals surface area contributed by atoms with E-state index >= 15 is 0 Å². The third-order valence-corrected chi connectivity index (χ3v) is 9.78. The molecule has 0 aromatic rings. The molecule has 0 aromatic carbocycles. The van der Waals surface area contributed by atoms with Crippen LogP contribution in [0.15, 0.2) is 0 Å². The summed E-state index contributed by atoms with van der Waals surface area (Å²) < 4.78 is 0. The van der Waals surface area contributed by atoms with E-state index in [-0.39, 0.29) is 204 Å². The van der Waals surface area contributed by atoms with Gasteiger partial charge in [0, 0.05) is 0 Å². The summed E-state index contributed by atoms with van der Waals surface area (Å²) in [5.41, 5.74) is 0. The Morgan fingerprint density at radius 3 is 0.312 bits per heavy atom. The van der Waals surface area contributed by atoms with E-state index < -0.39 is 21.5 Å². The van der Waals surface area contributed by atoms with E-state index in [4.69, 9.17) is 63.1 Å². The summed E-state index contributed by atoms with van der Waals surface area (Å²) in [4.78, 5) is 12.4. The van der Waals surface area contributed by atoms with Gasteiger partial charge in [-0.2, -0.15) is 0 Å². The Bertz CT molecular complexity index is 904. The van der Waals surface area contributed by atoms with Gasteiger partial charge >= 0.3 is 348 Å². The van der Waals surface area contributed by atoms with E-state index in [1.165, 1.54) is 0 Å². The Morgan fingerprint density at radius 1 is 0.250 bits per heavy atom. The van der Waals surface area contributed by atoms with Gasteiger partial charge in [0.2, 0.25) is 0 Å². The van der Waals surface area contributed by atoms with E-state index in [2.05, 4.69) is 0 Å². The fourth-order valence-electron chi connectivity index (χ4n) is 0.530. The van der Waals surface area contributed by atoms with Crippen molar-refractivity contribution in [2.75, 3.05) is 0 Å². The molecule has 0 aliphatic carbocycles. The molecule has 0 rings (SSSR count). The summed E-state index contributed by atoms with van der Waals surface area (Å²) in [7, 11) is -12.3. The van der Waals surface area contributed by atoms with E-state index in [0.29, 0.717) is 0 Å². The van der Waals surface area contributed by atoms with E-state index in [9.17, 15) is 0 Å². The summed E-state index contributed by atoms with van der Waals surface area (Å²) in [5, 5.41) is 103. The van der Waals surface area contributed by atoms with Gasteiger partial charge in [0.15, 0.2) is 0 Å². The molecule has 0 spiro atoms. The van der Waals surface area contributed by atoms with Gasteiger partial charge in [-0.3, -0.25) is 0 Å². The van der Waals surface area contributed by atoms with Crippen molar-refractivity contribution in [3.63, 3.8) is 0 Å². The van der Waals surface area contributed by atoms with Crippen LogP contribution in [0.2, 0.25) is 0 Å². The first-order chi connectivity index (χ1) is 11.9. The zero-order chi connectivity index (χ0) is 21.3. The van der Waals surface area contributed by atoms with Crippen LogP contribution in [-0.4, -0.2) is 154 Å². The van der Waals surface area contributed by atoms with Crippen LogP contribution in [-0.2, 0) is 70.9 Å². The van der Waals surface area contributed by atoms with Crippen LogP contribution in [0.25, 0.3) is 0 Å². The van der Waals surface area contributed by atoms with Crippen molar-refractivity contribution < 1.29 is 70.9 Å². The molecule has 20 heteroatoms. The quantitative estimate of drug-likeness (QED) is 0.252. The molecular weight excluding hydrogens is 717 g/mol. The second kappa shape index (κ2) is 16.9. The van der Waals surface area contributed by atoms with Gasteiger partial charge in [0.25, 0.3) is 0 Å². The molecule has 0 fully saturated rings. The number of hydrogen-bond donors (Lipinski definition) is 0. The minimum Gasteiger partial charge on any atom is 2.00 e. The molecule has 12 nitrogen and oxygen atoms in total. The summed E-state index contributed by atoms with van der Waals surface area (Å²) in [6.45, 7) is 0. The predicted octanol–water partition coefficient (Wildman–Crippen LogP) is -1.76. The fraction of sp³-hybridized carbons (Fsp3) is 0. The third-order valence-electron chi connectivity index (χ3n) is 2.37. The Hall–Kier alpha value is 1.31. The average Bonchev–Trinajstić information content (AvgIpc) is 2.77. The molecule has 0 atom stereocenters. The van der Waals surface area contributed by atoms with Gasteiger partial charge in [-0.1, -0.05) is 0 Å². The number of nitriles is 12. The number of rotatable bonds is 0. The molecule has 0 aliphatic rings.